The predicted octanol–water partition coefficient (Wildman–Crippen LogP) is 3.55. The molecule has 0 radical (unpaired) electrons. The number of rotatable bonds is 4. The summed E-state index contributed by atoms with van der Waals surface area (Å²) in [6.45, 7) is 2.31. The third-order valence-electron chi connectivity index (χ3n) is 2.88. The molecule has 0 aliphatic heterocycles. The van der Waals surface area contributed by atoms with E-state index < -0.39 is 0 Å². The number of benzene rings is 1. The molecule has 4 nitrogen and oxygen atoms in total. The van der Waals surface area contributed by atoms with E-state index in [9.17, 15) is 4.79 Å². The van der Waals surface area contributed by atoms with Gasteiger partial charge < -0.3 is 9.30 Å². The molecule has 102 valence electrons. The first kappa shape index (κ1) is 14.2. The second-order valence-electron chi connectivity index (χ2n) is 4.17. The highest BCUT2D eigenvalue weighted by Crippen LogP contribution is 2.28. The molecule has 0 saturated heterocycles. The Morgan fingerprint density at radius 2 is 2.26 bits per heavy atom. The van der Waals surface area contributed by atoms with Crippen LogP contribution < -0.4 is 0 Å². The molecule has 1 aromatic heterocycles. The van der Waals surface area contributed by atoms with Gasteiger partial charge in [-0.3, -0.25) is 4.79 Å². The van der Waals surface area contributed by atoms with Gasteiger partial charge in [-0.05, 0) is 19.1 Å². The zero-order valence-electron chi connectivity index (χ0n) is 10.7. The highest BCUT2D eigenvalue weighted by Gasteiger charge is 2.17. The summed E-state index contributed by atoms with van der Waals surface area (Å²) in [5.41, 5.74) is 1.58. The van der Waals surface area contributed by atoms with Crippen LogP contribution in [0.3, 0.4) is 0 Å². The van der Waals surface area contributed by atoms with Gasteiger partial charge in [-0.25, -0.2) is 4.98 Å². The minimum absolute atomic E-state index is 0.263. The van der Waals surface area contributed by atoms with Crippen molar-refractivity contribution in [3.05, 3.63) is 29.0 Å². The molecule has 1 atom stereocenters. The fourth-order valence-electron chi connectivity index (χ4n) is 1.97. The lowest BCUT2D eigenvalue weighted by Gasteiger charge is -2.09. The summed E-state index contributed by atoms with van der Waals surface area (Å²) in [5.74, 6) is 0.436. The van der Waals surface area contributed by atoms with Crippen molar-refractivity contribution in [1.82, 2.24) is 9.55 Å². The number of carbonyl (C=O) groups excluding carboxylic acids is 1. The van der Waals surface area contributed by atoms with Crippen molar-refractivity contribution < 1.29 is 9.53 Å². The molecule has 0 N–H and O–H groups in total. The van der Waals surface area contributed by atoms with E-state index >= 15 is 0 Å². The molecule has 2 rings (SSSR count). The molecule has 0 saturated carbocycles. The Kier molecular flexibility index (Phi) is 4.32. The average molecular weight is 301 g/mol. The van der Waals surface area contributed by atoms with Crippen LogP contribution in [0.5, 0.6) is 0 Å². The summed E-state index contributed by atoms with van der Waals surface area (Å²) in [5, 5.41) is 0.314. The molecule has 0 spiro atoms. The molecule has 6 heteroatoms. The van der Waals surface area contributed by atoms with Crippen LogP contribution in [0.2, 0.25) is 5.02 Å². The Morgan fingerprint density at radius 3 is 2.89 bits per heavy atom. The van der Waals surface area contributed by atoms with Crippen molar-refractivity contribution in [2.75, 3.05) is 7.11 Å². The van der Waals surface area contributed by atoms with Crippen molar-refractivity contribution in [2.24, 2.45) is 0 Å². The van der Waals surface area contributed by atoms with Gasteiger partial charge >= 0.3 is 5.97 Å². The second kappa shape index (κ2) is 5.80. The molecule has 19 heavy (non-hydrogen) atoms. The van der Waals surface area contributed by atoms with Crippen LogP contribution in [-0.2, 0) is 16.1 Å². The first-order valence-corrected chi connectivity index (χ1v) is 6.71. The summed E-state index contributed by atoms with van der Waals surface area (Å²) in [6.07, 6.45) is 0.269. The average Bonchev–Trinajstić information content (AvgIpc) is 2.76. The summed E-state index contributed by atoms with van der Waals surface area (Å²) < 4.78 is 6.57. The van der Waals surface area contributed by atoms with Gasteiger partial charge in [0.1, 0.15) is 11.3 Å². The number of hydrogen-bond donors (Lipinski definition) is 0. The van der Waals surface area contributed by atoms with E-state index in [0.29, 0.717) is 22.9 Å². The van der Waals surface area contributed by atoms with Gasteiger partial charge in [-0.2, -0.15) is 0 Å². The van der Waals surface area contributed by atoms with Gasteiger partial charge in [0.15, 0.2) is 0 Å². The molecular weight excluding hydrogens is 287 g/mol. The van der Waals surface area contributed by atoms with Gasteiger partial charge in [0.25, 0.3) is 0 Å². The number of para-hydroxylation sites is 1. The highest BCUT2D eigenvalue weighted by molar-refractivity contribution is 6.35. The number of aryl methyl sites for hydroxylation is 1. The van der Waals surface area contributed by atoms with Crippen LogP contribution in [0.25, 0.3) is 11.0 Å². The summed E-state index contributed by atoms with van der Waals surface area (Å²) >= 11 is 12.3. The van der Waals surface area contributed by atoms with E-state index in [-0.39, 0.29) is 17.8 Å². The minimum Gasteiger partial charge on any atom is -0.469 e. The van der Waals surface area contributed by atoms with Gasteiger partial charge in [0, 0.05) is 6.54 Å². The lowest BCUT2D eigenvalue weighted by Crippen LogP contribution is -2.10. The first-order chi connectivity index (χ1) is 9.04. The molecule has 0 bridgehead atoms. The van der Waals surface area contributed by atoms with Crippen molar-refractivity contribution in [1.29, 1.82) is 0 Å². The lowest BCUT2D eigenvalue weighted by molar-refractivity contribution is -0.140. The Hall–Kier alpha value is -1.26. The van der Waals surface area contributed by atoms with E-state index in [4.69, 9.17) is 23.2 Å². The maximum absolute atomic E-state index is 11.3. The number of aromatic nitrogens is 2. The van der Waals surface area contributed by atoms with E-state index in [0.717, 1.165) is 5.52 Å². The molecule has 0 fully saturated rings. The monoisotopic (exact) mass is 300 g/mol. The van der Waals surface area contributed by atoms with Crippen molar-refractivity contribution in [3.63, 3.8) is 0 Å². The van der Waals surface area contributed by atoms with Crippen LogP contribution in [-0.4, -0.2) is 22.6 Å². The smallest absolute Gasteiger partial charge is 0.307 e. The summed E-state index contributed by atoms with van der Waals surface area (Å²) in [7, 11) is 1.37. The number of fused-ring (bicyclic) bond motifs is 1. The van der Waals surface area contributed by atoms with E-state index in [1.54, 1.807) is 6.07 Å². The Bertz CT molecular complexity index is 608. The van der Waals surface area contributed by atoms with E-state index in [2.05, 4.69) is 9.72 Å². The number of nitrogens with zero attached hydrogens (tertiary/aromatic N) is 2. The quantitative estimate of drug-likeness (QED) is 0.640. The van der Waals surface area contributed by atoms with Crippen LogP contribution in [0.4, 0.5) is 0 Å². The highest BCUT2D eigenvalue weighted by atomic mass is 35.5. The number of alkyl halides is 1. The van der Waals surface area contributed by atoms with Crippen LogP contribution in [0, 0.1) is 0 Å². The lowest BCUT2D eigenvalue weighted by atomic mass is 10.3. The maximum Gasteiger partial charge on any atom is 0.307 e. The van der Waals surface area contributed by atoms with Gasteiger partial charge in [0.2, 0.25) is 0 Å². The predicted molar refractivity (Wildman–Crippen MR) is 75.6 cm³/mol. The van der Waals surface area contributed by atoms with Crippen LogP contribution in [0.1, 0.15) is 24.5 Å². The second-order valence-corrected chi connectivity index (χ2v) is 5.23. The Balaban J connectivity index is 2.46. The standard InChI is InChI=1S/C13H14Cl2N2O2/c1-8(14)13-16-12-9(15)4-3-5-10(12)17(13)7-6-11(18)19-2/h3-5,8H,6-7H2,1-2H3. The van der Waals surface area contributed by atoms with Gasteiger partial charge in [-0.15, -0.1) is 11.6 Å². The number of methoxy groups -OCH3 is 1. The maximum atomic E-state index is 11.3. The molecule has 1 aromatic carbocycles. The number of carbonyl (C=O) groups is 1. The normalized spacial score (nSPS) is 12.6. The molecule has 1 heterocycles. The van der Waals surface area contributed by atoms with Crippen molar-refractivity contribution in [2.45, 2.75) is 25.3 Å². The number of esters is 1. The minimum atomic E-state index is -0.267. The summed E-state index contributed by atoms with van der Waals surface area (Å²) in [6, 6.07) is 5.54. The Morgan fingerprint density at radius 1 is 1.53 bits per heavy atom. The van der Waals surface area contributed by atoms with Gasteiger partial charge in [-0.1, -0.05) is 17.7 Å². The van der Waals surface area contributed by atoms with Crippen molar-refractivity contribution >= 4 is 40.2 Å². The summed E-state index contributed by atoms with van der Waals surface area (Å²) in [4.78, 5) is 15.7. The zero-order chi connectivity index (χ0) is 14.0. The molecular formula is C13H14Cl2N2O2. The number of imidazole rings is 1. The number of ether oxygens (including phenoxy) is 1. The third kappa shape index (κ3) is 2.85. The van der Waals surface area contributed by atoms with E-state index in [1.807, 2.05) is 23.6 Å². The van der Waals surface area contributed by atoms with Gasteiger partial charge in [0.05, 0.1) is 29.4 Å². The molecule has 0 aliphatic rings. The SMILES string of the molecule is COC(=O)CCn1c(C(C)Cl)nc2c(Cl)cccc21. The first-order valence-electron chi connectivity index (χ1n) is 5.90. The Labute approximate surface area is 121 Å². The third-order valence-corrected chi connectivity index (χ3v) is 3.38. The fourth-order valence-corrected chi connectivity index (χ4v) is 2.35. The molecule has 0 amide bonds. The number of hydrogen-bond acceptors (Lipinski definition) is 3. The fraction of sp³-hybridized carbons (Fsp3) is 0.385. The van der Waals surface area contributed by atoms with Crippen LogP contribution in [0.15, 0.2) is 18.2 Å². The molecule has 2 aromatic rings. The topological polar surface area (TPSA) is 44.1 Å². The largest absolute Gasteiger partial charge is 0.469 e. The van der Waals surface area contributed by atoms with E-state index in [1.165, 1.54) is 7.11 Å². The number of halogens is 2. The zero-order valence-corrected chi connectivity index (χ0v) is 12.2. The van der Waals surface area contributed by atoms with Crippen LogP contribution >= 0.6 is 23.2 Å². The molecule has 1 unspecified atom stereocenters. The van der Waals surface area contributed by atoms with Crippen molar-refractivity contribution in [3.8, 4) is 0 Å². The molecule has 0 aliphatic carbocycles.